The summed E-state index contributed by atoms with van der Waals surface area (Å²) in [7, 11) is 0. The van der Waals surface area contributed by atoms with Gasteiger partial charge in [0.1, 0.15) is 24.5 Å². The lowest BCUT2D eigenvalue weighted by Crippen LogP contribution is -2.38. The summed E-state index contributed by atoms with van der Waals surface area (Å²) in [6.45, 7) is 2.10. The maximum absolute atomic E-state index is 9.82. The summed E-state index contributed by atoms with van der Waals surface area (Å²) in [5.74, 6) is 0.508. The lowest BCUT2D eigenvalue weighted by Gasteiger charge is -2.16. The molecule has 19 heavy (non-hydrogen) atoms. The SMILES string of the molecule is N#Cc1ccccc1OCC(O)CNC1CCOC1. The predicted octanol–water partition coefficient (Wildman–Crippen LogP) is 0.676. The predicted molar refractivity (Wildman–Crippen MR) is 69.9 cm³/mol. The second-order valence-electron chi connectivity index (χ2n) is 4.54. The molecule has 0 saturated carbocycles. The lowest BCUT2D eigenvalue weighted by atomic mass is 10.2. The van der Waals surface area contributed by atoms with Crippen molar-refractivity contribution < 1.29 is 14.6 Å². The number of rotatable bonds is 6. The molecule has 2 N–H and O–H groups in total. The van der Waals surface area contributed by atoms with Gasteiger partial charge in [0.15, 0.2) is 0 Å². The molecule has 102 valence electrons. The van der Waals surface area contributed by atoms with Crippen LogP contribution in [0.15, 0.2) is 24.3 Å². The molecule has 1 fully saturated rings. The van der Waals surface area contributed by atoms with Crippen LogP contribution < -0.4 is 10.1 Å². The molecule has 2 rings (SSSR count). The second-order valence-corrected chi connectivity index (χ2v) is 4.54. The van der Waals surface area contributed by atoms with Crippen LogP contribution in [0.25, 0.3) is 0 Å². The van der Waals surface area contributed by atoms with Crippen molar-refractivity contribution in [2.45, 2.75) is 18.6 Å². The van der Waals surface area contributed by atoms with E-state index >= 15 is 0 Å². The number of nitrogens with one attached hydrogen (secondary N) is 1. The van der Waals surface area contributed by atoms with Gasteiger partial charge < -0.3 is 19.9 Å². The Morgan fingerprint density at radius 2 is 2.37 bits per heavy atom. The van der Waals surface area contributed by atoms with Crippen LogP contribution in [0.5, 0.6) is 5.75 Å². The van der Waals surface area contributed by atoms with E-state index in [-0.39, 0.29) is 6.61 Å². The molecule has 5 nitrogen and oxygen atoms in total. The molecular weight excluding hydrogens is 244 g/mol. The van der Waals surface area contributed by atoms with Crippen molar-refractivity contribution in [3.8, 4) is 11.8 Å². The normalized spacial score (nSPS) is 19.9. The molecule has 2 atom stereocenters. The molecular formula is C14H18N2O3. The van der Waals surface area contributed by atoms with Gasteiger partial charge in [-0.15, -0.1) is 0 Å². The Labute approximate surface area is 112 Å². The Hall–Kier alpha value is -1.61. The van der Waals surface area contributed by atoms with E-state index in [2.05, 4.69) is 11.4 Å². The van der Waals surface area contributed by atoms with Crippen LogP contribution in [0.4, 0.5) is 0 Å². The zero-order chi connectivity index (χ0) is 13.5. The van der Waals surface area contributed by atoms with Gasteiger partial charge in [-0.3, -0.25) is 0 Å². The molecule has 0 bridgehead atoms. The Balaban J connectivity index is 1.73. The summed E-state index contributed by atoms with van der Waals surface area (Å²) in [5, 5.41) is 22.0. The van der Waals surface area contributed by atoms with E-state index in [1.54, 1.807) is 24.3 Å². The van der Waals surface area contributed by atoms with Gasteiger partial charge in [0.05, 0.1) is 12.2 Å². The van der Waals surface area contributed by atoms with Gasteiger partial charge in [-0.25, -0.2) is 0 Å². The minimum atomic E-state index is -0.604. The number of nitriles is 1. The van der Waals surface area contributed by atoms with Crippen molar-refractivity contribution in [1.82, 2.24) is 5.32 Å². The van der Waals surface area contributed by atoms with Crippen LogP contribution in [0.2, 0.25) is 0 Å². The molecule has 0 amide bonds. The highest BCUT2D eigenvalue weighted by molar-refractivity contribution is 5.42. The van der Waals surface area contributed by atoms with Crippen molar-refractivity contribution in [2.75, 3.05) is 26.4 Å². The van der Waals surface area contributed by atoms with E-state index in [1.165, 1.54) is 0 Å². The average Bonchev–Trinajstić information content (AvgIpc) is 2.96. The van der Waals surface area contributed by atoms with Gasteiger partial charge in [0.2, 0.25) is 0 Å². The molecule has 1 aliphatic heterocycles. The number of nitrogens with zero attached hydrogens (tertiary/aromatic N) is 1. The molecule has 1 aromatic carbocycles. The van der Waals surface area contributed by atoms with Gasteiger partial charge >= 0.3 is 0 Å². The van der Waals surface area contributed by atoms with Gasteiger partial charge in [-0.2, -0.15) is 5.26 Å². The Kier molecular flexibility index (Phi) is 5.16. The first-order chi connectivity index (χ1) is 9.29. The number of hydrogen-bond donors (Lipinski definition) is 2. The van der Waals surface area contributed by atoms with E-state index in [0.29, 0.717) is 30.5 Å². The Morgan fingerprint density at radius 1 is 1.53 bits per heavy atom. The van der Waals surface area contributed by atoms with Gasteiger partial charge in [-0.1, -0.05) is 12.1 Å². The van der Waals surface area contributed by atoms with E-state index < -0.39 is 6.10 Å². The van der Waals surface area contributed by atoms with Gasteiger partial charge in [-0.05, 0) is 18.6 Å². The molecule has 0 aliphatic carbocycles. The number of benzene rings is 1. The number of para-hydroxylation sites is 1. The van der Waals surface area contributed by atoms with E-state index in [4.69, 9.17) is 14.7 Å². The van der Waals surface area contributed by atoms with Crippen molar-refractivity contribution in [1.29, 1.82) is 5.26 Å². The van der Waals surface area contributed by atoms with Crippen LogP contribution in [-0.2, 0) is 4.74 Å². The summed E-state index contributed by atoms with van der Waals surface area (Å²) < 4.78 is 10.7. The fourth-order valence-electron chi connectivity index (χ4n) is 1.93. The first-order valence-electron chi connectivity index (χ1n) is 6.40. The van der Waals surface area contributed by atoms with Gasteiger partial charge in [0.25, 0.3) is 0 Å². The molecule has 1 saturated heterocycles. The zero-order valence-corrected chi connectivity index (χ0v) is 10.7. The van der Waals surface area contributed by atoms with Crippen LogP contribution in [0, 0.1) is 11.3 Å². The van der Waals surface area contributed by atoms with E-state index in [9.17, 15) is 5.11 Å². The molecule has 1 aromatic rings. The van der Waals surface area contributed by atoms with Crippen molar-refractivity contribution in [2.24, 2.45) is 0 Å². The molecule has 0 aromatic heterocycles. The standard InChI is InChI=1S/C14H18N2O3/c15-7-11-3-1-2-4-14(11)19-10-13(17)8-16-12-5-6-18-9-12/h1-4,12-13,16-17H,5-6,8-10H2. The third-order valence-electron chi connectivity index (χ3n) is 3.01. The van der Waals surface area contributed by atoms with Gasteiger partial charge in [0, 0.05) is 19.2 Å². The third kappa shape index (κ3) is 4.21. The fourth-order valence-corrected chi connectivity index (χ4v) is 1.93. The molecule has 5 heteroatoms. The molecule has 0 radical (unpaired) electrons. The minimum Gasteiger partial charge on any atom is -0.489 e. The van der Waals surface area contributed by atoms with E-state index in [0.717, 1.165) is 13.0 Å². The highest BCUT2D eigenvalue weighted by Gasteiger charge is 2.16. The third-order valence-corrected chi connectivity index (χ3v) is 3.01. The first-order valence-corrected chi connectivity index (χ1v) is 6.40. The van der Waals surface area contributed by atoms with Crippen LogP contribution in [-0.4, -0.2) is 43.6 Å². The smallest absolute Gasteiger partial charge is 0.137 e. The van der Waals surface area contributed by atoms with Crippen molar-refractivity contribution in [3.63, 3.8) is 0 Å². The molecule has 0 spiro atoms. The second kappa shape index (κ2) is 7.10. The monoisotopic (exact) mass is 262 g/mol. The Morgan fingerprint density at radius 3 is 3.11 bits per heavy atom. The number of hydrogen-bond acceptors (Lipinski definition) is 5. The van der Waals surface area contributed by atoms with Crippen LogP contribution >= 0.6 is 0 Å². The van der Waals surface area contributed by atoms with E-state index in [1.807, 2.05) is 0 Å². The average molecular weight is 262 g/mol. The van der Waals surface area contributed by atoms with Crippen LogP contribution in [0.1, 0.15) is 12.0 Å². The van der Waals surface area contributed by atoms with Crippen molar-refractivity contribution in [3.05, 3.63) is 29.8 Å². The van der Waals surface area contributed by atoms with Crippen LogP contribution in [0.3, 0.4) is 0 Å². The highest BCUT2D eigenvalue weighted by Crippen LogP contribution is 2.16. The van der Waals surface area contributed by atoms with Crippen molar-refractivity contribution >= 4 is 0 Å². The summed E-state index contributed by atoms with van der Waals surface area (Å²) in [6.07, 6.45) is 0.373. The summed E-state index contributed by atoms with van der Waals surface area (Å²) in [5.41, 5.74) is 0.479. The molecule has 1 aliphatic rings. The fraction of sp³-hybridized carbons (Fsp3) is 0.500. The first kappa shape index (κ1) is 13.8. The topological polar surface area (TPSA) is 74.5 Å². The molecule has 1 heterocycles. The summed E-state index contributed by atoms with van der Waals surface area (Å²) in [4.78, 5) is 0. The highest BCUT2D eigenvalue weighted by atomic mass is 16.5. The maximum atomic E-state index is 9.82. The number of aliphatic hydroxyl groups excluding tert-OH is 1. The number of aliphatic hydroxyl groups is 1. The lowest BCUT2D eigenvalue weighted by molar-refractivity contribution is 0.102. The summed E-state index contributed by atoms with van der Waals surface area (Å²) in [6, 6.07) is 9.38. The quantitative estimate of drug-likeness (QED) is 0.788. The maximum Gasteiger partial charge on any atom is 0.137 e. The number of ether oxygens (including phenoxy) is 2. The largest absolute Gasteiger partial charge is 0.489 e. The summed E-state index contributed by atoms with van der Waals surface area (Å²) >= 11 is 0. The molecule has 2 unspecified atom stereocenters. The minimum absolute atomic E-state index is 0.166. The Bertz CT molecular complexity index is 439. The zero-order valence-electron chi connectivity index (χ0n) is 10.7.